The minimum Gasteiger partial charge on any atom is -0.371 e. The van der Waals surface area contributed by atoms with Gasteiger partial charge in [0.15, 0.2) is 0 Å². The molecule has 1 saturated heterocycles. The zero-order valence-corrected chi connectivity index (χ0v) is 21.5. The zero-order valence-electron chi connectivity index (χ0n) is 20.7. The second kappa shape index (κ2) is 12.4. The number of aromatic nitrogens is 1. The molecule has 1 fully saturated rings. The molecule has 0 N–H and O–H groups in total. The van der Waals surface area contributed by atoms with Crippen LogP contribution in [0.4, 0.5) is 5.69 Å². The molecule has 2 aromatic rings. The molecule has 0 radical (unpaired) electrons. The number of anilines is 1. The van der Waals surface area contributed by atoms with Crippen molar-refractivity contribution in [2.45, 2.75) is 38.5 Å². The molecular weight excluding hydrogens is 432 g/mol. The third-order valence-electron chi connectivity index (χ3n) is 6.23. The van der Waals surface area contributed by atoms with Gasteiger partial charge in [-0.1, -0.05) is 17.7 Å². The Labute approximate surface area is 203 Å². The van der Waals surface area contributed by atoms with E-state index in [1.165, 1.54) is 27.3 Å². The van der Waals surface area contributed by atoms with Crippen molar-refractivity contribution in [2.24, 2.45) is 5.92 Å². The SMILES string of the molecule is Cc1cc(C)c(SN(C)CCOCC(=O)N(C)CC2CCN(c3ccncc3)CC2)c(C)c1. The Morgan fingerprint density at radius 1 is 1.12 bits per heavy atom. The first-order valence-corrected chi connectivity index (χ1v) is 12.5. The van der Waals surface area contributed by atoms with Crippen LogP contribution >= 0.6 is 11.9 Å². The van der Waals surface area contributed by atoms with Crippen molar-refractivity contribution in [3.05, 3.63) is 53.3 Å². The minimum absolute atomic E-state index is 0.0621. The number of benzene rings is 1. The number of ether oxygens (including phenoxy) is 1. The Morgan fingerprint density at radius 2 is 1.76 bits per heavy atom. The van der Waals surface area contributed by atoms with E-state index in [4.69, 9.17) is 4.74 Å². The smallest absolute Gasteiger partial charge is 0.248 e. The van der Waals surface area contributed by atoms with Crippen molar-refractivity contribution < 1.29 is 9.53 Å². The summed E-state index contributed by atoms with van der Waals surface area (Å²) < 4.78 is 7.88. The Morgan fingerprint density at radius 3 is 2.39 bits per heavy atom. The summed E-state index contributed by atoms with van der Waals surface area (Å²) in [6.45, 7) is 10.7. The summed E-state index contributed by atoms with van der Waals surface area (Å²) in [6.07, 6.45) is 5.88. The molecule has 0 unspecified atom stereocenters. The molecule has 0 atom stereocenters. The van der Waals surface area contributed by atoms with E-state index in [1.807, 2.05) is 24.3 Å². The average Bonchev–Trinajstić information content (AvgIpc) is 2.80. The summed E-state index contributed by atoms with van der Waals surface area (Å²) in [5.41, 5.74) is 5.13. The maximum absolute atomic E-state index is 12.5. The summed E-state index contributed by atoms with van der Waals surface area (Å²) in [5, 5.41) is 0. The average molecular weight is 471 g/mol. The van der Waals surface area contributed by atoms with Gasteiger partial charge in [-0.25, -0.2) is 4.31 Å². The number of likely N-dealkylation sites (N-methyl/N-ethyl adjacent to an activating group) is 2. The zero-order chi connectivity index (χ0) is 23.8. The van der Waals surface area contributed by atoms with E-state index in [0.717, 1.165) is 39.0 Å². The van der Waals surface area contributed by atoms with E-state index in [0.29, 0.717) is 12.5 Å². The highest BCUT2D eigenvalue weighted by Crippen LogP contribution is 2.29. The molecule has 1 aromatic heterocycles. The fourth-order valence-corrected chi connectivity index (χ4v) is 5.28. The maximum Gasteiger partial charge on any atom is 0.248 e. The van der Waals surface area contributed by atoms with Crippen LogP contribution in [0.2, 0.25) is 0 Å². The first-order valence-electron chi connectivity index (χ1n) is 11.8. The van der Waals surface area contributed by atoms with Crippen LogP contribution in [-0.4, -0.2) is 73.6 Å². The van der Waals surface area contributed by atoms with E-state index in [9.17, 15) is 4.79 Å². The third kappa shape index (κ3) is 7.73. The van der Waals surface area contributed by atoms with Crippen LogP contribution in [0, 0.1) is 26.7 Å². The molecule has 3 rings (SSSR count). The summed E-state index contributed by atoms with van der Waals surface area (Å²) in [6, 6.07) is 8.56. The summed E-state index contributed by atoms with van der Waals surface area (Å²) in [4.78, 5) is 22.2. The number of piperidine rings is 1. The molecule has 7 heteroatoms. The molecule has 0 aliphatic carbocycles. The Bertz CT molecular complexity index is 877. The Kier molecular flexibility index (Phi) is 9.59. The van der Waals surface area contributed by atoms with Crippen LogP contribution < -0.4 is 4.90 Å². The molecule has 0 saturated carbocycles. The van der Waals surface area contributed by atoms with Crippen molar-refractivity contribution in [2.75, 3.05) is 58.4 Å². The number of hydrogen-bond acceptors (Lipinski definition) is 6. The summed E-state index contributed by atoms with van der Waals surface area (Å²) >= 11 is 1.74. The number of aryl methyl sites for hydroxylation is 3. The van der Waals surface area contributed by atoms with Crippen LogP contribution in [0.3, 0.4) is 0 Å². The standard InChI is InChI=1S/C26H38N4O2S/c1-20-16-21(2)26(22(3)17-20)33-29(5)14-15-32-19-25(31)28(4)18-23-8-12-30(13-9-23)24-6-10-27-11-7-24/h6-7,10-11,16-17,23H,8-9,12-15,18-19H2,1-5H3. The molecule has 2 heterocycles. The Balaban J connectivity index is 1.32. The van der Waals surface area contributed by atoms with Crippen LogP contribution in [0.1, 0.15) is 29.5 Å². The van der Waals surface area contributed by atoms with Gasteiger partial charge in [0.05, 0.1) is 6.61 Å². The van der Waals surface area contributed by atoms with Crippen molar-refractivity contribution >= 4 is 23.5 Å². The number of carbonyl (C=O) groups is 1. The van der Waals surface area contributed by atoms with Crippen molar-refractivity contribution in [1.29, 1.82) is 0 Å². The lowest BCUT2D eigenvalue weighted by Gasteiger charge is -2.35. The van der Waals surface area contributed by atoms with Gasteiger partial charge < -0.3 is 14.5 Å². The van der Waals surface area contributed by atoms with Gasteiger partial charge >= 0.3 is 0 Å². The first-order chi connectivity index (χ1) is 15.8. The van der Waals surface area contributed by atoms with E-state index in [2.05, 4.69) is 66.3 Å². The van der Waals surface area contributed by atoms with Crippen LogP contribution in [0.15, 0.2) is 41.6 Å². The van der Waals surface area contributed by atoms with Gasteiger partial charge in [-0.2, -0.15) is 0 Å². The second-order valence-corrected chi connectivity index (χ2v) is 10.3. The molecule has 1 aliphatic heterocycles. The summed E-state index contributed by atoms with van der Waals surface area (Å²) in [5.74, 6) is 0.604. The van der Waals surface area contributed by atoms with E-state index >= 15 is 0 Å². The van der Waals surface area contributed by atoms with Gasteiger partial charge in [-0.15, -0.1) is 0 Å². The van der Waals surface area contributed by atoms with Crippen LogP contribution in [-0.2, 0) is 9.53 Å². The van der Waals surface area contributed by atoms with Crippen molar-refractivity contribution in [3.8, 4) is 0 Å². The molecule has 1 aromatic carbocycles. The number of hydrogen-bond donors (Lipinski definition) is 0. The third-order valence-corrected chi connectivity index (χ3v) is 7.55. The van der Waals surface area contributed by atoms with Gasteiger partial charge in [0.2, 0.25) is 5.91 Å². The van der Waals surface area contributed by atoms with Crippen molar-refractivity contribution in [3.63, 3.8) is 0 Å². The predicted octanol–water partition coefficient (Wildman–Crippen LogP) is 4.34. The molecule has 33 heavy (non-hydrogen) atoms. The quantitative estimate of drug-likeness (QED) is 0.380. The summed E-state index contributed by atoms with van der Waals surface area (Å²) in [7, 11) is 3.96. The van der Waals surface area contributed by atoms with Crippen molar-refractivity contribution in [1.82, 2.24) is 14.2 Å². The Hall–Kier alpha value is -2.09. The molecule has 180 valence electrons. The fourth-order valence-electron chi connectivity index (χ4n) is 4.39. The second-order valence-electron chi connectivity index (χ2n) is 9.13. The maximum atomic E-state index is 12.5. The highest BCUT2D eigenvalue weighted by molar-refractivity contribution is 7.97. The highest BCUT2D eigenvalue weighted by Gasteiger charge is 2.22. The largest absolute Gasteiger partial charge is 0.371 e. The monoisotopic (exact) mass is 470 g/mol. The molecule has 0 bridgehead atoms. The lowest BCUT2D eigenvalue weighted by molar-refractivity contribution is -0.135. The lowest BCUT2D eigenvalue weighted by atomic mass is 9.96. The van der Waals surface area contributed by atoms with E-state index in [-0.39, 0.29) is 12.5 Å². The molecule has 6 nitrogen and oxygen atoms in total. The number of pyridine rings is 1. The number of carbonyl (C=O) groups excluding carboxylic acids is 1. The van der Waals surface area contributed by atoms with Gasteiger partial charge in [0.1, 0.15) is 6.61 Å². The van der Waals surface area contributed by atoms with Crippen LogP contribution in [0.5, 0.6) is 0 Å². The molecule has 1 amide bonds. The van der Waals surface area contributed by atoms with Gasteiger partial charge in [0, 0.05) is 56.2 Å². The number of amides is 1. The topological polar surface area (TPSA) is 48.9 Å². The van der Waals surface area contributed by atoms with Crippen LogP contribution in [0.25, 0.3) is 0 Å². The molecule has 1 aliphatic rings. The number of rotatable bonds is 10. The normalized spacial score (nSPS) is 14.7. The van der Waals surface area contributed by atoms with Gasteiger partial charge in [-0.05, 0) is 81.8 Å². The highest BCUT2D eigenvalue weighted by atomic mass is 32.2. The predicted molar refractivity (Wildman–Crippen MR) is 137 cm³/mol. The minimum atomic E-state index is 0.0621. The molecular formula is C26H38N4O2S. The molecule has 0 spiro atoms. The number of nitrogens with zero attached hydrogens (tertiary/aromatic N) is 4. The van der Waals surface area contributed by atoms with Gasteiger partial charge in [-0.3, -0.25) is 9.78 Å². The van der Waals surface area contributed by atoms with Gasteiger partial charge in [0.25, 0.3) is 0 Å². The first kappa shape index (κ1) is 25.5. The van der Waals surface area contributed by atoms with E-state index < -0.39 is 0 Å². The van der Waals surface area contributed by atoms with E-state index in [1.54, 1.807) is 11.9 Å². The fraction of sp³-hybridized carbons (Fsp3) is 0.538. The lowest BCUT2D eigenvalue weighted by Crippen LogP contribution is -2.40.